The second-order valence-corrected chi connectivity index (χ2v) is 9.61. The number of hydrogen-bond acceptors (Lipinski definition) is 7. The number of urea groups is 1. The standard InChI is InChI=1S/C25H35ClFN7O2/c1-4-33-23-18(17-34(25(33)35)22-19(26)8-9-20(36-3)21(22)27)16-29-24(30-23)28-10-6-5-7-11-32-14-12-31(2)13-15-32/h8-9,16H,4-7,10-15,17H2,1-3H3,(H,28,29,30). The molecule has 196 valence electrons. The highest BCUT2D eigenvalue weighted by Gasteiger charge is 2.35. The first-order valence-corrected chi connectivity index (χ1v) is 12.9. The number of anilines is 3. The third-order valence-electron chi connectivity index (χ3n) is 6.76. The van der Waals surface area contributed by atoms with Crippen molar-refractivity contribution in [1.82, 2.24) is 19.8 Å². The summed E-state index contributed by atoms with van der Waals surface area (Å²) in [5.41, 5.74) is 0.705. The van der Waals surface area contributed by atoms with Crippen molar-refractivity contribution in [2.45, 2.75) is 32.7 Å². The summed E-state index contributed by atoms with van der Waals surface area (Å²) in [6.07, 6.45) is 5.01. The first-order chi connectivity index (χ1) is 17.4. The lowest BCUT2D eigenvalue weighted by Gasteiger charge is -2.36. The summed E-state index contributed by atoms with van der Waals surface area (Å²) in [7, 11) is 3.55. The highest BCUT2D eigenvalue weighted by Crippen LogP contribution is 2.39. The van der Waals surface area contributed by atoms with Crippen LogP contribution in [0.15, 0.2) is 18.3 Å². The molecule has 4 rings (SSSR count). The summed E-state index contributed by atoms with van der Waals surface area (Å²) >= 11 is 6.29. The minimum absolute atomic E-state index is 0.0103. The van der Waals surface area contributed by atoms with Crippen LogP contribution in [0.1, 0.15) is 31.7 Å². The Hall–Kier alpha value is -2.69. The smallest absolute Gasteiger partial charge is 0.330 e. The highest BCUT2D eigenvalue weighted by atomic mass is 35.5. The number of methoxy groups -OCH3 is 1. The quantitative estimate of drug-likeness (QED) is 0.474. The molecular weight excluding hydrogens is 485 g/mol. The van der Waals surface area contributed by atoms with Crippen molar-refractivity contribution in [3.05, 3.63) is 34.7 Å². The fourth-order valence-corrected chi connectivity index (χ4v) is 4.85. The first kappa shape index (κ1) is 26.4. The van der Waals surface area contributed by atoms with Gasteiger partial charge in [-0.25, -0.2) is 14.2 Å². The molecule has 11 heteroatoms. The van der Waals surface area contributed by atoms with Gasteiger partial charge in [0.05, 0.1) is 18.7 Å². The molecule has 0 unspecified atom stereocenters. The molecule has 0 bridgehead atoms. The molecule has 1 fully saturated rings. The second kappa shape index (κ2) is 12.0. The van der Waals surface area contributed by atoms with Gasteiger partial charge in [0, 0.05) is 51.0 Å². The molecule has 2 amide bonds. The molecule has 0 spiro atoms. The third kappa shape index (κ3) is 5.82. The van der Waals surface area contributed by atoms with Crippen molar-refractivity contribution in [1.29, 1.82) is 0 Å². The maximum absolute atomic E-state index is 15.0. The van der Waals surface area contributed by atoms with Gasteiger partial charge in [-0.1, -0.05) is 18.0 Å². The number of ether oxygens (including phenoxy) is 1. The maximum atomic E-state index is 15.0. The van der Waals surface area contributed by atoms with Crippen molar-refractivity contribution >= 4 is 35.1 Å². The monoisotopic (exact) mass is 519 g/mol. The Morgan fingerprint density at radius 1 is 1.17 bits per heavy atom. The van der Waals surface area contributed by atoms with Gasteiger partial charge in [0.25, 0.3) is 0 Å². The van der Waals surface area contributed by atoms with Crippen LogP contribution in [0.2, 0.25) is 5.02 Å². The number of carbonyl (C=O) groups excluding carboxylic acids is 1. The fourth-order valence-electron chi connectivity index (χ4n) is 4.60. The Labute approximate surface area is 217 Å². The lowest BCUT2D eigenvalue weighted by atomic mass is 10.1. The van der Waals surface area contributed by atoms with Gasteiger partial charge in [-0.3, -0.25) is 9.80 Å². The number of unbranched alkanes of at least 4 members (excludes halogenated alkanes) is 2. The lowest BCUT2D eigenvalue weighted by Crippen LogP contribution is -2.48. The third-order valence-corrected chi connectivity index (χ3v) is 7.06. The molecule has 0 atom stereocenters. The number of nitrogens with zero attached hydrogens (tertiary/aromatic N) is 6. The van der Waals surface area contributed by atoms with Gasteiger partial charge in [-0.2, -0.15) is 4.98 Å². The second-order valence-electron chi connectivity index (χ2n) is 9.20. The zero-order valence-electron chi connectivity index (χ0n) is 21.3. The van der Waals surface area contributed by atoms with Gasteiger partial charge >= 0.3 is 6.03 Å². The van der Waals surface area contributed by atoms with Crippen LogP contribution >= 0.6 is 11.6 Å². The fraction of sp³-hybridized carbons (Fsp3) is 0.560. The number of fused-ring (bicyclic) bond motifs is 1. The van der Waals surface area contributed by atoms with Crippen molar-refractivity contribution in [2.24, 2.45) is 0 Å². The van der Waals surface area contributed by atoms with Crippen LogP contribution in [0.25, 0.3) is 0 Å². The van der Waals surface area contributed by atoms with Crippen LogP contribution in [0.5, 0.6) is 5.75 Å². The van der Waals surface area contributed by atoms with E-state index in [0.717, 1.165) is 52.1 Å². The molecule has 1 aromatic carbocycles. The van der Waals surface area contributed by atoms with E-state index in [0.29, 0.717) is 23.9 Å². The summed E-state index contributed by atoms with van der Waals surface area (Å²) < 4.78 is 20.1. The Bertz CT molecular complexity index is 1060. The van der Waals surface area contributed by atoms with Crippen molar-refractivity contribution in [3.8, 4) is 5.75 Å². The van der Waals surface area contributed by atoms with Gasteiger partial charge < -0.3 is 19.9 Å². The zero-order valence-corrected chi connectivity index (χ0v) is 22.0. The van der Waals surface area contributed by atoms with Crippen LogP contribution in [0.4, 0.5) is 26.6 Å². The molecule has 3 heterocycles. The molecule has 1 saturated heterocycles. The minimum atomic E-state index is -0.676. The van der Waals surface area contributed by atoms with E-state index < -0.39 is 11.8 Å². The predicted octanol–water partition coefficient (Wildman–Crippen LogP) is 4.07. The Balaban J connectivity index is 1.36. The maximum Gasteiger partial charge on any atom is 0.330 e. The number of likely N-dealkylation sites (N-methyl/N-ethyl adjacent to an activating group) is 1. The Morgan fingerprint density at radius 2 is 1.94 bits per heavy atom. The van der Waals surface area contributed by atoms with Crippen molar-refractivity contribution in [3.63, 3.8) is 0 Å². The van der Waals surface area contributed by atoms with Gasteiger partial charge in [0.15, 0.2) is 11.6 Å². The van der Waals surface area contributed by atoms with Crippen LogP contribution in [0.3, 0.4) is 0 Å². The number of halogens is 2. The lowest BCUT2D eigenvalue weighted by molar-refractivity contribution is 0.152. The summed E-state index contributed by atoms with van der Waals surface area (Å²) in [5, 5.41) is 3.42. The number of amides is 2. The predicted molar refractivity (Wildman–Crippen MR) is 141 cm³/mol. The largest absolute Gasteiger partial charge is 0.494 e. The minimum Gasteiger partial charge on any atom is -0.494 e. The number of carbonyl (C=O) groups is 1. The van der Waals surface area contributed by atoms with E-state index in [9.17, 15) is 4.79 Å². The topological polar surface area (TPSA) is 77.1 Å². The molecule has 2 aromatic rings. The van der Waals surface area contributed by atoms with Crippen LogP contribution in [-0.4, -0.2) is 85.8 Å². The molecule has 1 aromatic heterocycles. The van der Waals surface area contributed by atoms with Crippen LogP contribution < -0.4 is 19.9 Å². The van der Waals surface area contributed by atoms with Crippen LogP contribution in [-0.2, 0) is 6.54 Å². The molecule has 1 N–H and O–H groups in total. The molecule has 2 aliphatic rings. The molecule has 2 aliphatic heterocycles. The van der Waals surface area contributed by atoms with Gasteiger partial charge in [-0.05, 0) is 45.5 Å². The van der Waals surface area contributed by atoms with E-state index in [1.54, 1.807) is 6.20 Å². The highest BCUT2D eigenvalue weighted by molar-refractivity contribution is 6.34. The van der Waals surface area contributed by atoms with E-state index in [2.05, 4.69) is 32.1 Å². The Morgan fingerprint density at radius 3 is 2.67 bits per heavy atom. The molecule has 36 heavy (non-hydrogen) atoms. The van der Waals surface area contributed by atoms with Gasteiger partial charge in [-0.15, -0.1) is 0 Å². The molecular formula is C25H35ClFN7O2. The van der Waals surface area contributed by atoms with E-state index in [4.69, 9.17) is 16.3 Å². The number of hydrogen-bond donors (Lipinski definition) is 1. The Kier molecular flexibility index (Phi) is 8.81. The normalized spacial score (nSPS) is 16.9. The molecule has 0 radical (unpaired) electrons. The number of nitrogens with one attached hydrogen (secondary N) is 1. The molecule has 0 saturated carbocycles. The molecule has 0 aliphatic carbocycles. The van der Waals surface area contributed by atoms with E-state index >= 15 is 4.39 Å². The van der Waals surface area contributed by atoms with Gasteiger partial charge in [0.1, 0.15) is 11.5 Å². The summed E-state index contributed by atoms with van der Waals surface area (Å²) in [5.74, 6) is 0.365. The number of benzene rings is 1. The average Bonchev–Trinajstić information content (AvgIpc) is 2.87. The number of piperazine rings is 1. The van der Waals surface area contributed by atoms with E-state index in [-0.39, 0.29) is 23.0 Å². The summed E-state index contributed by atoms with van der Waals surface area (Å²) in [4.78, 5) is 30.1. The number of aromatic nitrogens is 2. The average molecular weight is 520 g/mol. The van der Waals surface area contributed by atoms with E-state index in [1.807, 2.05) is 6.92 Å². The number of rotatable bonds is 10. The van der Waals surface area contributed by atoms with Crippen molar-refractivity contribution < 1.29 is 13.9 Å². The van der Waals surface area contributed by atoms with Crippen LogP contribution in [0, 0.1) is 5.82 Å². The summed E-state index contributed by atoms with van der Waals surface area (Å²) in [6.45, 7) is 8.83. The molecule has 9 nitrogen and oxygen atoms in total. The zero-order chi connectivity index (χ0) is 25.7. The van der Waals surface area contributed by atoms with Gasteiger partial charge in [0.2, 0.25) is 5.95 Å². The first-order valence-electron chi connectivity index (χ1n) is 12.5. The SMILES string of the molecule is CCN1C(=O)N(c2c(Cl)ccc(OC)c2F)Cc2cnc(NCCCCCN3CCN(C)CC3)nc21. The van der Waals surface area contributed by atoms with Crippen molar-refractivity contribution in [2.75, 3.05) is 75.1 Å². The van der Waals surface area contributed by atoms with E-state index in [1.165, 1.54) is 35.5 Å². The summed E-state index contributed by atoms with van der Waals surface area (Å²) in [6, 6.07) is 2.56.